The van der Waals surface area contributed by atoms with E-state index < -0.39 is 0 Å². The fourth-order valence-corrected chi connectivity index (χ4v) is 2.10. The second kappa shape index (κ2) is 6.02. The number of esters is 1. The van der Waals surface area contributed by atoms with Gasteiger partial charge < -0.3 is 9.64 Å². The number of carbonyl (C=O) groups is 1. The zero-order valence-electron chi connectivity index (χ0n) is 9.29. The Labute approximate surface area is 86.4 Å². The Morgan fingerprint density at radius 3 is 2.64 bits per heavy atom. The molecule has 3 heteroatoms. The standard InChI is InChI=1S/C11H21NO2/c1-12(10-6-3-4-7-10)9-5-8-11(13)14-2/h10H,3-9H2,1-2H3. The molecule has 0 spiro atoms. The molecule has 0 amide bonds. The zero-order chi connectivity index (χ0) is 10.4. The van der Waals surface area contributed by atoms with Crippen molar-refractivity contribution in [3.63, 3.8) is 0 Å². The Bertz CT molecular complexity index is 176. The van der Waals surface area contributed by atoms with Gasteiger partial charge in [0.05, 0.1) is 7.11 Å². The van der Waals surface area contributed by atoms with E-state index in [2.05, 4.69) is 16.7 Å². The molecule has 0 aromatic heterocycles. The molecule has 1 aliphatic rings. The maximum Gasteiger partial charge on any atom is 0.305 e. The van der Waals surface area contributed by atoms with Gasteiger partial charge in [0.1, 0.15) is 0 Å². The smallest absolute Gasteiger partial charge is 0.305 e. The number of hydrogen-bond acceptors (Lipinski definition) is 3. The van der Waals surface area contributed by atoms with Gasteiger partial charge in [-0.05, 0) is 32.9 Å². The first-order chi connectivity index (χ1) is 6.74. The van der Waals surface area contributed by atoms with Crippen LogP contribution in [0.4, 0.5) is 0 Å². The van der Waals surface area contributed by atoms with E-state index in [1.807, 2.05) is 0 Å². The summed E-state index contributed by atoms with van der Waals surface area (Å²) >= 11 is 0. The van der Waals surface area contributed by atoms with E-state index >= 15 is 0 Å². The topological polar surface area (TPSA) is 29.5 Å². The molecule has 0 aromatic carbocycles. The van der Waals surface area contributed by atoms with Gasteiger partial charge >= 0.3 is 5.97 Å². The molecule has 0 aromatic rings. The molecular formula is C11H21NO2. The lowest BCUT2D eigenvalue weighted by molar-refractivity contribution is -0.140. The van der Waals surface area contributed by atoms with Crippen LogP contribution in [0.2, 0.25) is 0 Å². The van der Waals surface area contributed by atoms with Gasteiger partial charge in [0.2, 0.25) is 0 Å². The van der Waals surface area contributed by atoms with Crippen molar-refractivity contribution in [3.05, 3.63) is 0 Å². The molecule has 0 radical (unpaired) electrons. The molecule has 1 fully saturated rings. The van der Waals surface area contributed by atoms with E-state index in [-0.39, 0.29) is 5.97 Å². The molecule has 0 heterocycles. The van der Waals surface area contributed by atoms with E-state index in [0.717, 1.165) is 19.0 Å². The van der Waals surface area contributed by atoms with Crippen LogP contribution in [-0.4, -0.2) is 37.6 Å². The molecule has 0 aliphatic heterocycles. The Hall–Kier alpha value is -0.570. The first kappa shape index (κ1) is 11.5. The van der Waals surface area contributed by atoms with E-state index in [0.29, 0.717) is 6.42 Å². The Kier molecular flexibility index (Phi) is 4.94. The van der Waals surface area contributed by atoms with Crippen molar-refractivity contribution in [2.75, 3.05) is 20.7 Å². The van der Waals surface area contributed by atoms with E-state index in [9.17, 15) is 4.79 Å². The van der Waals surface area contributed by atoms with Crippen LogP contribution < -0.4 is 0 Å². The Morgan fingerprint density at radius 1 is 1.43 bits per heavy atom. The molecular weight excluding hydrogens is 178 g/mol. The predicted molar refractivity (Wildman–Crippen MR) is 56.1 cm³/mol. The maximum absolute atomic E-state index is 10.9. The van der Waals surface area contributed by atoms with Crippen molar-refractivity contribution in [3.8, 4) is 0 Å². The van der Waals surface area contributed by atoms with Crippen LogP contribution in [0.3, 0.4) is 0 Å². The summed E-state index contributed by atoms with van der Waals surface area (Å²) in [7, 11) is 3.61. The number of rotatable bonds is 5. The van der Waals surface area contributed by atoms with Crippen molar-refractivity contribution < 1.29 is 9.53 Å². The van der Waals surface area contributed by atoms with Gasteiger partial charge in [-0.15, -0.1) is 0 Å². The van der Waals surface area contributed by atoms with Crippen LogP contribution in [-0.2, 0) is 9.53 Å². The van der Waals surface area contributed by atoms with Crippen molar-refractivity contribution in [2.24, 2.45) is 0 Å². The summed E-state index contributed by atoms with van der Waals surface area (Å²) in [5, 5.41) is 0. The van der Waals surface area contributed by atoms with Crippen LogP contribution in [0.1, 0.15) is 38.5 Å². The summed E-state index contributed by atoms with van der Waals surface area (Å²) < 4.78 is 4.60. The summed E-state index contributed by atoms with van der Waals surface area (Å²) in [6.07, 6.45) is 6.86. The summed E-state index contributed by atoms with van der Waals surface area (Å²) in [5.74, 6) is -0.0928. The Morgan fingerprint density at radius 2 is 2.07 bits per heavy atom. The monoisotopic (exact) mass is 199 g/mol. The lowest BCUT2D eigenvalue weighted by atomic mass is 10.2. The number of carbonyl (C=O) groups excluding carboxylic acids is 1. The Balaban J connectivity index is 2.08. The quantitative estimate of drug-likeness (QED) is 0.632. The van der Waals surface area contributed by atoms with Gasteiger partial charge in [-0.1, -0.05) is 12.8 Å². The predicted octanol–water partition coefficient (Wildman–Crippen LogP) is 1.81. The summed E-state index contributed by atoms with van der Waals surface area (Å²) in [5.41, 5.74) is 0. The average Bonchev–Trinajstić information content (AvgIpc) is 2.70. The van der Waals surface area contributed by atoms with Crippen LogP contribution in [0.15, 0.2) is 0 Å². The second-order valence-corrected chi connectivity index (χ2v) is 4.10. The first-order valence-electron chi connectivity index (χ1n) is 5.51. The molecule has 0 atom stereocenters. The van der Waals surface area contributed by atoms with Crippen molar-refractivity contribution in [1.29, 1.82) is 0 Å². The molecule has 0 bridgehead atoms. The number of hydrogen-bond donors (Lipinski definition) is 0. The van der Waals surface area contributed by atoms with Gasteiger partial charge in [0, 0.05) is 12.5 Å². The molecule has 1 saturated carbocycles. The molecule has 82 valence electrons. The third-order valence-electron chi connectivity index (χ3n) is 3.07. The highest BCUT2D eigenvalue weighted by Gasteiger charge is 2.18. The lowest BCUT2D eigenvalue weighted by Crippen LogP contribution is -2.30. The molecule has 3 nitrogen and oxygen atoms in total. The van der Waals surface area contributed by atoms with Crippen LogP contribution in [0.25, 0.3) is 0 Å². The molecule has 14 heavy (non-hydrogen) atoms. The van der Waals surface area contributed by atoms with Crippen molar-refractivity contribution in [1.82, 2.24) is 4.90 Å². The molecule has 1 rings (SSSR count). The minimum Gasteiger partial charge on any atom is -0.469 e. The fourth-order valence-electron chi connectivity index (χ4n) is 2.10. The normalized spacial score (nSPS) is 17.6. The SMILES string of the molecule is COC(=O)CCCN(C)C1CCCC1. The van der Waals surface area contributed by atoms with Crippen LogP contribution in [0, 0.1) is 0 Å². The molecule has 0 saturated heterocycles. The maximum atomic E-state index is 10.9. The van der Waals surface area contributed by atoms with E-state index in [1.165, 1.54) is 32.8 Å². The molecule has 1 aliphatic carbocycles. The highest BCUT2D eigenvalue weighted by Crippen LogP contribution is 2.22. The van der Waals surface area contributed by atoms with Crippen molar-refractivity contribution in [2.45, 2.75) is 44.6 Å². The van der Waals surface area contributed by atoms with Gasteiger partial charge in [-0.25, -0.2) is 0 Å². The summed E-state index contributed by atoms with van der Waals surface area (Å²) in [6.45, 7) is 1.01. The van der Waals surface area contributed by atoms with Crippen LogP contribution in [0.5, 0.6) is 0 Å². The van der Waals surface area contributed by atoms with Crippen LogP contribution >= 0.6 is 0 Å². The van der Waals surface area contributed by atoms with E-state index in [4.69, 9.17) is 0 Å². The first-order valence-corrected chi connectivity index (χ1v) is 5.51. The zero-order valence-corrected chi connectivity index (χ0v) is 9.29. The van der Waals surface area contributed by atoms with Crippen molar-refractivity contribution >= 4 is 5.97 Å². The average molecular weight is 199 g/mol. The fraction of sp³-hybridized carbons (Fsp3) is 0.909. The minimum atomic E-state index is -0.0928. The highest BCUT2D eigenvalue weighted by atomic mass is 16.5. The second-order valence-electron chi connectivity index (χ2n) is 4.10. The summed E-state index contributed by atoms with van der Waals surface area (Å²) in [4.78, 5) is 13.3. The van der Waals surface area contributed by atoms with Gasteiger partial charge in [0.25, 0.3) is 0 Å². The summed E-state index contributed by atoms with van der Waals surface area (Å²) in [6, 6.07) is 0.757. The third kappa shape index (κ3) is 3.66. The highest BCUT2D eigenvalue weighted by molar-refractivity contribution is 5.69. The number of nitrogens with zero attached hydrogens (tertiary/aromatic N) is 1. The van der Waals surface area contributed by atoms with Gasteiger partial charge in [-0.2, -0.15) is 0 Å². The number of ether oxygens (including phenoxy) is 1. The number of methoxy groups -OCH3 is 1. The third-order valence-corrected chi connectivity index (χ3v) is 3.07. The lowest BCUT2D eigenvalue weighted by Gasteiger charge is -2.23. The van der Waals surface area contributed by atoms with Gasteiger partial charge in [-0.3, -0.25) is 4.79 Å². The molecule has 0 unspecified atom stereocenters. The molecule has 0 N–H and O–H groups in total. The minimum absolute atomic E-state index is 0.0928. The van der Waals surface area contributed by atoms with Gasteiger partial charge in [0.15, 0.2) is 0 Å². The largest absolute Gasteiger partial charge is 0.469 e. The van der Waals surface area contributed by atoms with E-state index in [1.54, 1.807) is 0 Å².